The number of esters is 1. The molecule has 0 radical (unpaired) electrons. The lowest BCUT2D eigenvalue weighted by molar-refractivity contribution is -0.139. The number of carbonyl (C=O) groups excluding carboxylic acids is 2. The van der Waals surface area contributed by atoms with E-state index in [9.17, 15) is 14.5 Å². The first-order chi connectivity index (χ1) is 8.06. The van der Waals surface area contributed by atoms with Gasteiger partial charge in [-0.3, -0.25) is 0 Å². The minimum atomic E-state index is -0.666. The van der Waals surface area contributed by atoms with Crippen molar-refractivity contribution < 1.29 is 14.3 Å². The summed E-state index contributed by atoms with van der Waals surface area (Å²) in [6, 6.07) is -1.29. The van der Waals surface area contributed by atoms with Gasteiger partial charge in [0.2, 0.25) is 0 Å². The molecule has 0 aromatic heterocycles. The highest BCUT2D eigenvalue weighted by atomic mass is 16.5. The smallest absolute Gasteiger partial charge is 0.345 e. The van der Waals surface area contributed by atoms with Crippen LogP contribution in [0.25, 0.3) is 0 Å². The zero-order valence-electron chi connectivity index (χ0n) is 10.0. The van der Waals surface area contributed by atoms with Crippen LogP contribution in [-0.4, -0.2) is 29.7 Å². The van der Waals surface area contributed by atoms with E-state index in [0.29, 0.717) is 12.1 Å². The molecule has 0 fully saturated rings. The Morgan fingerprint density at radius 1 is 1.53 bits per heavy atom. The van der Waals surface area contributed by atoms with E-state index < -0.39 is 18.0 Å². The molecule has 1 rings (SSSR count). The first-order valence-corrected chi connectivity index (χ1v) is 5.38. The fraction of sp³-hybridized carbons (Fsp3) is 0.600. The van der Waals surface area contributed by atoms with Crippen molar-refractivity contribution in [1.29, 1.82) is 0 Å². The maximum Gasteiger partial charge on any atom is 0.345 e. The minimum Gasteiger partial charge on any atom is -0.463 e. The Balaban J connectivity index is 3.13. The third-order valence-corrected chi connectivity index (χ3v) is 2.50. The van der Waals surface area contributed by atoms with Gasteiger partial charge in [0.1, 0.15) is 0 Å². The Kier molecular flexibility index (Phi) is 4.19. The van der Waals surface area contributed by atoms with E-state index in [2.05, 4.69) is 10.6 Å². The number of nitrogens with one attached hydrogen (secondary N) is 1. The number of allylic oxidation sites excluding steroid dienone is 1. The molecule has 0 spiro atoms. The average Bonchev–Trinajstić information content (AvgIpc) is 2.28. The van der Waals surface area contributed by atoms with Crippen LogP contribution >= 0.6 is 0 Å². The predicted octanol–water partition coefficient (Wildman–Crippen LogP) is 1.31. The van der Waals surface area contributed by atoms with Gasteiger partial charge in [0.05, 0.1) is 23.5 Å². The van der Waals surface area contributed by atoms with E-state index in [0.717, 1.165) is 5.01 Å². The molecule has 1 aliphatic rings. The van der Waals surface area contributed by atoms with Gasteiger partial charge in [-0.2, -0.15) is 5.01 Å². The standard InChI is InChI=1S/C10H15N3O4/c1-4-7-8(9(14)17-5-2)6(3)11-10(15)13(7)12-16/h7H,4-5H2,1-3H3,(H,11,15). The van der Waals surface area contributed by atoms with E-state index in [1.807, 2.05) is 0 Å². The highest BCUT2D eigenvalue weighted by molar-refractivity contribution is 5.94. The number of urea groups is 1. The van der Waals surface area contributed by atoms with Crippen LogP contribution < -0.4 is 5.32 Å². The summed E-state index contributed by atoms with van der Waals surface area (Å²) >= 11 is 0. The second-order valence-corrected chi connectivity index (χ2v) is 3.54. The molecule has 0 aromatic rings. The topological polar surface area (TPSA) is 88.1 Å². The first kappa shape index (κ1) is 13.1. The highest BCUT2D eigenvalue weighted by Gasteiger charge is 2.37. The summed E-state index contributed by atoms with van der Waals surface area (Å²) in [7, 11) is 0. The number of hydrogen-bond acceptors (Lipinski definition) is 5. The molecule has 2 amide bonds. The number of amides is 2. The van der Waals surface area contributed by atoms with E-state index in [1.165, 1.54) is 0 Å². The van der Waals surface area contributed by atoms with Gasteiger partial charge in [0.25, 0.3) is 0 Å². The molecule has 7 heteroatoms. The van der Waals surface area contributed by atoms with E-state index in [-0.39, 0.29) is 12.2 Å². The summed E-state index contributed by atoms with van der Waals surface area (Å²) in [6.45, 7) is 5.27. The number of carbonyl (C=O) groups is 2. The first-order valence-electron chi connectivity index (χ1n) is 5.38. The van der Waals surface area contributed by atoms with Gasteiger partial charge in [0, 0.05) is 5.70 Å². The van der Waals surface area contributed by atoms with Crippen molar-refractivity contribution in [2.45, 2.75) is 33.2 Å². The molecule has 0 aliphatic carbocycles. The van der Waals surface area contributed by atoms with Crippen molar-refractivity contribution in [3.8, 4) is 0 Å². The van der Waals surface area contributed by atoms with Crippen LogP contribution in [0.3, 0.4) is 0 Å². The molecule has 0 saturated heterocycles. The summed E-state index contributed by atoms with van der Waals surface area (Å²) in [5.74, 6) is -0.537. The van der Waals surface area contributed by atoms with E-state index in [4.69, 9.17) is 4.74 Å². The molecule has 1 atom stereocenters. The SMILES string of the molecule is CCOC(=O)C1=C(C)NC(=O)N(N=O)C1CC. The quantitative estimate of drug-likeness (QED) is 0.593. The van der Waals surface area contributed by atoms with Gasteiger partial charge in [0.15, 0.2) is 0 Å². The molecule has 0 bridgehead atoms. The van der Waals surface area contributed by atoms with Crippen molar-refractivity contribution in [3.05, 3.63) is 16.2 Å². The van der Waals surface area contributed by atoms with Crippen LogP contribution in [0.5, 0.6) is 0 Å². The van der Waals surface area contributed by atoms with Gasteiger partial charge in [-0.05, 0) is 20.3 Å². The van der Waals surface area contributed by atoms with Crippen LogP contribution in [0.4, 0.5) is 4.79 Å². The fourth-order valence-electron chi connectivity index (χ4n) is 1.77. The molecule has 0 saturated carbocycles. The number of rotatable bonds is 4. The zero-order valence-corrected chi connectivity index (χ0v) is 10.0. The Labute approximate surface area is 98.7 Å². The Bertz CT molecular complexity index is 378. The van der Waals surface area contributed by atoms with Crippen LogP contribution in [0.2, 0.25) is 0 Å². The second kappa shape index (κ2) is 5.42. The van der Waals surface area contributed by atoms with E-state index >= 15 is 0 Å². The number of nitroso groups, excluding NO2 is 1. The van der Waals surface area contributed by atoms with E-state index in [1.54, 1.807) is 20.8 Å². The molecule has 1 N–H and O–H groups in total. The summed E-state index contributed by atoms with van der Waals surface area (Å²) in [4.78, 5) is 33.8. The van der Waals surface area contributed by atoms with Crippen LogP contribution in [-0.2, 0) is 9.53 Å². The van der Waals surface area contributed by atoms with Gasteiger partial charge in [-0.1, -0.05) is 6.92 Å². The lowest BCUT2D eigenvalue weighted by atomic mass is 10.0. The maximum atomic E-state index is 11.7. The zero-order chi connectivity index (χ0) is 13.0. The summed E-state index contributed by atoms with van der Waals surface area (Å²) in [5, 5.41) is 5.76. The third-order valence-electron chi connectivity index (χ3n) is 2.50. The van der Waals surface area contributed by atoms with Crippen molar-refractivity contribution in [1.82, 2.24) is 10.3 Å². The molecule has 1 aliphatic heterocycles. The lowest BCUT2D eigenvalue weighted by Crippen LogP contribution is -2.49. The van der Waals surface area contributed by atoms with Crippen LogP contribution in [0.1, 0.15) is 27.2 Å². The molecular weight excluding hydrogens is 226 g/mol. The molecule has 1 heterocycles. The predicted molar refractivity (Wildman–Crippen MR) is 59.6 cm³/mol. The average molecular weight is 241 g/mol. The van der Waals surface area contributed by atoms with Crippen LogP contribution in [0, 0.1) is 4.91 Å². The number of ether oxygens (including phenoxy) is 1. The number of nitrogens with zero attached hydrogens (tertiary/aromatic N) is 2. The largest absolute Gasteiger partial charge is 0.463 e. The fourth-order valence-corrected chi connectivity index (χ4v) is 1.77. The van der Waals surface area contributed by atoms with Crippen molar-refractivity contribution in [2.24, 2.45) is 5.29 Å². The molecule has 94 valence electrons. The lowest BCUT2D eigenvalue weighted by Gasteiger charge is -2.31. The molecule has 7 nitrogen and oxygen atoms in total. The molecular formula is C10H15N3O4. The van der Waals surface area contributed by atoms with Crippen molar-refractivity contribution in [3.63, 3.8) is 0 Å². The normalized spacial score (nSPS) is 20.1. The molecule has 0 aromatic carbocycles. The van der Waals surface area contributed by atoms with Crippen molar-refractivity contribution in [2.75, 3.05) is 6.61 Å². The summed E-state index contributed by atoms with van der Waals surface area (Å²) in [5.41, 5.74) is 0.675. The summed E-state index contributed by atoms with van der Waals surface area (Å²) < 4.78 is 4.89. The Hall–Kier alpha value is -1.92. The van der Waals surface area contributed by atoms with Crippen molar-refractivity contribution >= 4 is 12.0 Å². The van der Waals surface area contributed by atoms with Crippen LogP contribution in [0.15, 0.2) is 16.6 Å². The highest BCUT2D eigenvalue weighted by Crippen LogP contribution is 2.23. The van der Waals surface area contributed by atoms with Gasteiger partial charge >= 0.3 is 12.0 Å². The monoisotopic (exact) mass is 241 g/mol. The van der Waals surface area contributed by atoms with Gasteiger partial charge in [-0.15, -0.1) is 4.91 Å². The molecule has 17 heavy (non-hydrogen) atoms. The summed E-state index contributed by atoms with van der Waals surface area (Å²) in [6.07, 6.45) is 0.407. The second-order valence-electron chi connectivity index (χ2n) is 3.54. The van der Waals surface area contributed by atoms with Gasteiger partial charge in [-0.25, -0.2) is 9.59 Å². The molecule has 1 unspecified atom stereocenters. The number of hydrogen-bond donors (Lipinski definition) is 1. The Morgan fingerprint density at radius 3 is 2.65 bits per heavy atom. The third kappa shape index (κ3) is 2.43. The Morgan fingerprint density at radius 2 is 2.18 bits per heavy atom. The maximum absolute atomic E-state index is 11.7. The van der Waals surface area contributed by atoms with Gasteiger partial charge < -0.3 is 10.1 Å². The minimum absolute atomic E-state index is 0.231.